The van der Waals surface area contributed by atoms with Gasteiger partial charge in [-0.1, -0.05) is 60.7 Å². The van der Waals surface area contributed by atoms with Gasteiger partial charge < -0.3 is 20.4 Å². The number of carboxylic acids is 4. The molecule has 8 nitrogen and oxygen atoms in total. The molecule has 4 rings (SSSR count). The van der Waals surface area contributed by atoms with Crippen LogP contribution in [0.2, 0.25) is 0 Å². The zero-order valence-corrected chi connectivity index (χ0v) is 19.7. The first-order valence-electron chi connectivity index (χ1n) is 11.2. The Hall–Kier alpha value is -5.50. The van der Waals surface area contributed by atoms with Crippen molar-refractivity contribution in [2.45, 2.75) is 0 Å². The van der Waals surface area contributed by atoms with Crippen molar-refractivity contribution in [2.24, 2.45) is 0 Å². The predicted octanol–water partition coefficient (Wildman–Crippen LogP) is 5.98. The molecule has 0 saturated carbocycles. The first kappa shape index (κ1) is 25.6. The lowest BCUT2D eigenvalue weighted by molar-refractivity contribution is 0.0676. The summed E-state index contributed by atoms with van der Waals surface area (Å²) in [5.41, 5.74) is 3.56. The minimum atomic E-state index is -1.21. The van der Waals surface area contributed by atoms with Crippen LogP contribution >= 0.6 is 0 Å². The highest BCUT2D eigenvalue weighted by molar-refractivity contribution is 5.97. The normalized spacial score (nSPS) is 10.8. The van der Waals surface area contributed by atoms with Gasteiger partial charge in [0, 0.05) is 0 Å². The third-order valence-electron chi connectivity index (χ3n) is 5.81. The molecule has 0 aliphatic carbocycles. The van der Waals surface area contributed by atoms with Gasteiger partial charge in [0.2, 0.25) is 0 Å². The number of aromatic carboxylic acids is 4. The average Bonchev–Trinajstić information content (AvgIpc) is 2.91. The standard InChI is InChI=1S/C30H20O8/c31-27(32)23-11-21(12-24(15-23)28(33)34)19-7-3-17(4-8-19)1-2-18-5-9-20(10-6-18)22-13-25(29(35)36)16-26(14-22)30(37)38/h1-16H,(H,31,32)(H,33,34)(H,35,36)(H,37,38)/b2-1-. The van der Waals surface area contributed by atoms with Crippen LogP contribution in [0.1, 0.15) is 52.6 Å². The number of hydrogen-bond donors (Lipinski definition) is 4. The Labute approximate surface area is 216 Å². The zero-order valence-electron chi connectivity index (χ0n) is 19.7. The molecule has 0 radical (unpaired) electrons. The Morgan fingerprint density at radius 3 is 0.895 bits per heavy atom. The molecule has 0 saturated heterocycles. The van der Waals surface area contributed by atoms with E-state index in [2.05, 4.69) is 0 Å². The number of carbonyl (C=O) groups is 4. The van der Waals surface area contributed by atoms with E-state index in [0.717, 1.165) is 23.3 Å². The largest absolute Gasteiger partial charge is 0.478 e. The van der Waals surface area contributed by atoms with Gasteiger partial charge in [-0.15, -0.1) is 0 Å². The fourth-order valence-electron chi connectivity index (χ4n) is 3.85. The van der Waals surface area contributed by atoms with Crippen molar-refractivity contribution < 1.29 is 39.6 Å². The molecule has 0 unspecified atom stereocenters. The summed E-state index contributed by atoms with van der Waals surface area (Å²) in [6.45, 7) is 0. The lowest BCUT2D eigenvalue weighted by atomic mass is 9.98. The Bertz CT molecular complexity index is 1410. The van der Waals surface area contributed by atoms with Crippen LogP contribution in [0.4, 0.5) is 0 Å². The summed E-state index contributed by atoms with van der Waals surface area (Å²) in [7, 11) is 0. The van der Waals surface area contributed by atoms with Crippen molar-refractivity contribution in [2.75, 3.05) is 0 Å². The fraction of sp³-hybridized carbons (Fsp3) is 0. The van der Waals surface area contributed by atoms with Crippen LogP contribution in [0.5, 0.6) is 0 Å². The molecule has 0 spiro atoms. The number of benzene rings is 4. The van der Waals surface area contributed by atoms with E-state index in [9.17, 15) is 39.6 Å². The molecule has 0 amide bonds. The highest BCUT2D eigenvalue weighted by Crippen LogP contribution is 2.26. The molecule has 4 aromatic carbocycles. The summed E-state index contributed by atoms with van der Waals surface area (Å²) < 4.78 is 0. The minimum Gasteiger partial charge on any atom is -0.478 e. The van der Waals surface area contributed by atoms with Gasteiger partial charge in [-0.2, -0.15) is 0 Å². The van der Waals surface area contributed by atoms with E-state index in [1.54, 1.807) is 24.3 Å². The SMILES string of the molecule is O=C(O)c1cc(C(=O)O)cc(-c2ccc(/C=C\c3ccc(-c4cc(C(=O)O)cc(C(=O)O)c4)cc3)cc2)c1. The van der Waals surface area contributed by atoms with E-state index >= 15 is 0 Å². The van der Waals surface area contributed by atoms with Crippen molar-refractivity contribution in [3.05, 3.63) is 118 Å². The lowest BCUT2D eigenvalue weighted by Crippen LogP contribution is -2.03. The average molecular weight is 508 g/mol. The van der Waals surface area contributed by atoms with E-state index in [4.69, 9.17) is 0 Å². The van der Waals surface area contributed by atoms with E-state index in [-0.39, 0.29) is 22.3 Å². The van der Waals surface area contributed by atoms with Gasteiger partial charge in [0.25, 0.3) is 0 Å². The minimum absolute atomic E-state index is 0.110. The first-order chi connectivity index (χ1) is 18.1. The number of rotatable bonds is 8. The number of hydrogen-bond acceptors (Lipinski definition) is 4. The van der Waals surface area contributed by atoms with E-state index < -0.39 is 23.9 Å². The molecule has 0 heterocycles. The molecule has 0 aliphatic heterocycles. The molecule has 0 bridgehead atoms. The van der Waals surface area contributed by atoms with Gasteiger partial charge in [0.15, 0.2) is 0 Å². The Morgan fingerprint density at radius 1 is 0.395 bits per heavy atom. The van der Waals surface area contributed by atoms with Gasteiger partial charge in [0.05, 0.1) is 22.3 Å². The molecule has 4 N–H and O–H groups in total. The molecule has 0 fully saturated rings. The number of carboxylic acid groups (broad SMARTS) is 4. The van der Waals surface area contributed by atoms with Crippen molar-refractivity contribution in [1.29, 1.82) is 0 Å². The topological polar surface area (TPSA) is 149 Å². The third kappa shape index (κ3) is 5.83. The van der Waals surface area contributed by atoms with E-state index in [1.165, 1.54) is 24.3 Å². The highest BCUT2D eigenvalue weighted by atomic mass is 16.4. The summed E-state index contributed by atoms with van der Waals surface area (Å²) in [5, 5.41) is 37.1. The van der Waals surface area contributed by atoms with Crippen LogP contribution in [0.15, 0.2) is 84.9 Å². The second-order valence-electron chi connectivity index (χ2n) is 8.40. The van der Waals surface area contributed by atoms with Crippen LogP contribution in [0.25, 0.3) is 34.4 Å². The predicted molar refractivity (Wildman–Crippen MR) is 141 cm³/mol. The van der Waals surface area contributed by atoms with Crippen LogP contribution in [0, 0.1) is 0 Å². The molecule has 0 aliphatic rings. The van der Waals surface area contributed by atoms with Crippen molar-refractivity contribution in [1.82, 2.24) is 0 Å². The maximum absolute atomic E-state index is 11.4. The maximum Gasteiger partial charge on any atom is 0.335 e. The molecule has 0 atom stereocenters. The lowest BCUT2D eigenvalue weighted by Gasteiger charge is -2.07. The molecule has 4 aromatic rings. The van der Waals surface area contributed by atoms with Gasteiger partial charge in [-0.05, 0) is 69.8 Å². The van der Waals surface area contributed by atoms with Gasteiger partial charge in [-0.25, -0.2) is 19.2 Å². The van der Waals surface area contributed by atoms with Crippen molar-refractivity contribution >= 4 is 36.0 Å². The summed E-state index contributed by atoms with van der Waals surface area (Å²) in [4.78, 5) is 45.5. The van der Waals surface area contributed by atoms with E-state index in [0.29, 0.717) is 22.3 Å². The molecular weight excluding hydrogens is 488 g/mol. The van der Waals surface area contributed by atoms with Crippen LogP contribution < -0.4 is 0 Å². The summed E-state index contributed by atoms with van der Waals surface area (Å²) in [6.07, 6.45) is 3.73. The Morgan fingerprint density at radius 2 is 0.658 bits per heavy atom. The molecule has 38 heavy (non-hydrogen) atoms. The molecule has 8 heteroatoms. The summed E-state index contributed by atoms with van der Waals surface area (Å²) in [5.74, 6) is -4.85. The second-order valence-corrected chi connectivity index (χ2v) is 8.40. The van der Waals surface area contributed by atoms with Gasteiger partial charge in [-0.3, -0.25) is 0 Å². The third-order valence-corrected chi connectivity index (χ3v) is 5.81. The van der Waals surface area contributed by atoms with Gasteiger partial charge in [0.1, 0.15) is 0 Å². The summed E-state index contributed by atoms with van der Waals surface area (Å²) >= 11 is 0. The molecule has 188 valence electrons. The quantitative estimate of drug-likeness (QED) is 0.212. The maximum atomic E-state index is 11.4. The summed E-state index contributed by atoms with van der Waals surface area (Å²) in [6, 6.07) is 22.3. The fourth-order valence-corrected chi connectivity index (χ4v) is 3.85. The molecular formula is C30H20O8. The van der Waals surface area contributed by atoms with Gasteiger partial charge >= 0.3 is 23.9 Å². The van der Waals surface area contributed by atoms with Crippen LogP contribution in [0.3, 0.4) is 0 Å². The monoisotopic (exact) mass is 508 g/mol. The van der Waals surface area contributed by atoms with Crippen molar-refractivity contribution in [3.63, 3.8) is 0 Å². The molecule has 0 aromatic heterocycles. The van der Waals surface area contributed by atoms with E-state index in [1.807, 2.05) is 36.4 Å². The first-order valence-corrected chi connectivity index (χ1v) is 11.2. The van der Waals surface area contributed by atoms with Crippen molar-refractivity contribution in [3.8, 4) is 22.3 Å². The smallest absolute Gasteiger partial charge is 0.335 e. The zero-order chi connectivity index (χ0) is 27.4. The van der Waals surface area contributed by atoms with Crippen LogP contribution in [-0.4, -0.2) is 44.3 Å². The highest BCUT2D eigenvalue weighted by Gasteiger charge is 2.13. The Balaban J connectivity index is 1.54. The Kier molecular flexibility index (Phi) is 7.16. The second kappa shape index (κ2) is 10.6. The van der Waals surface area contributed by atoms with Crippen LogP contribution in [-0.2, 0) is 0 Å².